The highest BCUT2D eigenvalue weighted by Crippen LogP contribution is 2.05. The number of carbonyl (C=O) groups excluding carboxylic acids is 1. The Hall–Kier alpha value is -0.610. The van der Waals surface area contributed by atoms with Crippen LogP contribution in [0.4, 0.5) is 0 Å². The molecule has 1 saturated heterocycles. The minimum Gasteiger partial charge on any atom is -0.396 e. The lowest BCUT2D eigenvalue weighted by molar-refractivity contribution is -0.121. The van der Waals surface area contributed by atoms with E-state index in [2.05, 4.69) is 10.2 Å². The van der Waals surface area contributed by atoms with E-state index in [0.29, 0.717) is 12.8 Å². The summed E-state index contributed by atoms with van der Waals surface area (Å²) >= 11 is 0. The van der Waals surface area contributed by atoms with Gasteiger partial charge in [-0.3, -0.25) is 4.79 Å². The van der Waals surface area contributed by atoms with Crippen LogP contribution in [0.25, 0.3) is 0 Å². The van der Waals surface area contributed by atoms with Gasteiger partial charge in [0.1, 0.15) is 0 Å². The molecule has 1 rings (SSSR count). The number of nitrogens with zero attached hydrogens (tertiary/aromatic N) is 1. The van der Waals surface area contributed by atoms with Gasteiger partial charge in [0.15, 0.2) is 0 Å². The second-order valence-corrected chi connectivity index (χ2v) is 3.73. The molecule has 4 heteroatoms. The molecule has 0 unspecified atom stereocenters. The first-order valence-electron chi connectivity index (χ1n) is 5.43. The number of rotatable bonds is 6. The summed E-state index contributed by atoms with van der Waals surface area (Å²) in [5.74, 6) is 0.0539. The molecule has 14 heavy (non-hydrogen) atoms. The Kier molecular flexibility index (Phi) is 5.56. The van der Waals surface area contributed by atoms with Crippen molar-refractivity contribution in [1.82, 2.24) is 10.2 Å². The molecule has 0 aromatic carbocycles. The number of likely N-dealkylation sites (tertiary alicyclic amines) is 1. The summed E-state index contributed by atoms with van der Waals surface area (Å²) in [7, 11) is 0. The topological polar surface area (TPSA) is 52.6 Å². The smallest absolute Gasteiger partial charge is 0.220 e. The minimum absolute atomic E-state index is 0.0539. The lowest BCUT2D eigenvalue weighted by Crippen LogP contribution is -2.33. The van der Waals surface area contributed by atoms with E-state index in [1.165, 1.54) is 25.9 Å². The van der Waals surface area contributed by atoms with Crippen molar-refractivity contribution >= 4 is 5.91 Å². The van der Waals surface area contributed by atoms with Crippen LogP contribution < -0.4 is 5.32 Å². The molecule has 0 spiro atoms. The van der Waals surface area contributed by atoms with Gasteiger partial charge in [0.05, 0.1) is 0 Å². The summed E-state index contributed by atoms with van der Waals surface area (Å²) in [6.07, 6.45) is 3.59. The zero-order valence-corrected chi connectivity index (χ0v) is 8.67. The van der Waals surface area contributed by atoms with Crippen molar-refractivity contribution in [3.63, 3.8) is 0 Å². The number of amides is 1. The maximum Gasteiger partial charge on any atom is 0.220 e. The van der Waals surface area contributed by atoms with Gasteiger partial charge >= 0.3 is 0 Å². The molecule has 0 aromatic rings. The fraction of sp³-hybridized carbons (Fsp3) is 0.900. The molecule has 0 atom stereocenters. The van der Waals surface area contributed by atoms with Crippen LogP contribution in [0.1, 0.15) is 25.7 Å². The van der Waals surface area contributed by atoms with E-state index in [4.69, 9.17) is 5.11 Å². The summed E-state index contributed by atoms with van der Waals surface area (Å²) in [6, 6.07) is 0. The summed E-state index contributed by atoms with van der Waals surface area (Å²) in [5.41, 5.74) is 0. The molecule has 82 valence electrons. The zero-order valence-electron chi connectivity index (χ0n) is 8.67. The molecule has 0 aromatic heterocycles. The van der Waals surface area contributed by atoms with Gasteiger partial charge in [-0.25, -0.2) is 0 Å². The van der Waals surface area contributed by atoms with E-state index in [0.717, 1.165) is 13.1 Å². The standard InChI is InChI=1S/C10H20N2O2/c13-9-3-4-10(14)11-5-8-12-6-1-2-7-12/h13H,1-9H2,(H,11,14). The van der Waals surface area contributed by atoms with Crippen molar-refractivity contribution in [2.45, 2.75) is 25.7 Å². The molecule has 2 N–H and O–H groups in total. The van der Waals surface area contributed by atoms with E-state index in [1.807, 2.05) is 0 Å². The van der Waals surface area contributed by atoms with Crippen molar-refractivity contribution in [3.05, 3.63) is 0 Å². The third-order valence-electron chi connectivity index (χ3n) is 2.51. The first-order valence-corrected chi connectivity index (χ1v) is 5.43. The van der Waals surface area contributed by atoms with Gasteiger partial charge in [0.2, 0.25) is 5.91 Å². The molecule has 1 heterocycles. The normalized spacial score (nSPS) is 17.2. The largest absolute Gasteiger partial charge is 0.396 e. The number of nitrogens with one attached hydrogen (secondary N) is 1. The summed E-state index contributed by atoms with van der Waals surface area (Å²) in [4.78, 5) is 13.5. The molecule has 0 radical (unpaired) electrons. The number of hydrogen-bond donors (Lipinski definition) is 2. The van der Waals surface area contributed by atoms with E-state index < -0.39 is 0 Å². The van der Waals surface area contributed by atoms with E-state index >= 15 is 0 Å². The third kappa shape index (κ3) is 4.58. The maximum absolute atomic E-state index is 11.1. The van der Waals surface area contributed by atoms with Gasteiger partial charge in [-0.05, 0) is 32.4 Å². The number of hydrogen-bond acceptors (Lipinski definition) is 3. The SMILES string of the molecule is O=C(CCCO)NCCN1CCCC1. The molecule has 1 aliphatic rings. The van der Waals surface area contributed by atoms with Gasteiger partial charge in [-0.2, -0.15) is 0 Å². The fourth-order valence-corrected chi connectivity index (χ4v) is 1.69. The van der Waals surface area contributed by atoms with Crippen molar-refractivity contribution in [2.75, 3.05) is 32.8 Å². The average Bonchev–Trinajstić information content (AvgIpc) is 2.67. The van der Waals surface area contributed by atoms with E-state index in [-0.39, 0.29) is 12.5 Å². The van der Waals surface area contributed by atoms with Crippen LogP contribution in [0.3, 0.4) is 0 Å². The van der Waals surface area contributed by atoms with E-state index in [9.17, 15) is 4.79 Å². The number of aliphatic hydroxyl groups is 1. The lowest BCUT2D eigenvalue weighted by atomic mass is 10.3. The first-order chi connectivity index (χ1) is 6.83. The predicted octanol–water partition coefficient (Wildman–Crippen LogP) is -0.0291. The van der Waals surface area contributed by atoms with Gasteiger partial charge < -0.3 is 15.3 Å². The van der Waals surface area contributed by atoms with Crippen LogP contribution in [0.2, 0.25) is 0 Å². The Morgan fingerprint density at radius 1 is 1.36 bits per heavy atom. The van der Waals surface area contributed by atoms with Crippen molar-refractivity contribution < 1.29 is 9.90 Å². The summed E-state index contributed by atoms with van der Waals surface area (Å²) in [5, 5.41) is 11.4. The monoisotopic (exact) mass is 200 g/mol. The number of carbonyl (C=O) groups is 1. The van der Waals surface area contributed by atoms with Crippen molar-refractivity contribution in [2.24, 2.45) is 0 Å². The maximum atomic E-state index is 11.1. The van der Waals surface area contributed by atoms with Crippen molar-refractivity contribution in [1.29, 1.82) is 0 Å². The second kappa shape index (κ2) is 6.79. The Bertz CT molecular complexity index is 168. The highest BCUT2D eigenvalue weighted by Gasteiger charge is 2.10. The highest BCUT2D eigenvalue weighted by molar-refractivity contribution is 5.75. The van der Waals surface area contributed by atoms with Crippen LogP contribution in [0, 0.1) is 0 Å². The van der Waals surface area contributed by atoms with Crippen LogP contribution in [0.5, 0.6) is 0 Å². The fourth-order valence-electron chi connectivity index (χ4n) is 1.69. The second-order valence-electron chi connectivity index (χ2n) is 3.73. The highest BCUT2D eigenvalue weighted by atomic mass is 16.3. The summed E-state index contributed by atoms with van der Waals surface area (Å²) in [6.45, 7) is 4.15. The lowest BCUT2D eigenvalue weighted by Gasteiger charge is -2.14. The first kappa shape index (κ1) is 11.5. The van der Waals surface area contributed by atoms with Gasteiger partial charge in [0, 0.05) is 26.1 Å². The van der Waals surface area contributed by atoms with Crippen LogP contribution in [0.15, 0.2) is 0 Å². The quantitative estimate of drug-likeness (QED) is 0.633. The Morgan fingerprint density at radius 2 is 2.07 bits per heavy atom. The molecular formula is C10H20N2O2. The molecule has 0 aliphatic carbocycles. The zero-order chi connectivity index (χ0) is 10.2. The molecule has 0 saturated carbocycles. The predicted molar refractivity (Wildman–Crippen MR) is 55.0 cm³/mol. The Labute approximate surface area is 85.3 Å². The van der Waals surface area contributed by atoms with Crippen molar-refractivity contribution in [3.8, 4) is 0 Å². The molecule has 0 bridgehead atoms. The minimum atomic E-state index is 0.0539. The van der Waals surface area contributed by atoms with Crippen LogP contribution in [-0.4, -0.2) is 48.7 Å². The number of aliphatic hydroxyl groups excluding tert-OH is 1. The summed E-state index contributed by atoms with van der Waals surface area (Å²) < 4.78 is 0. The van der Waals surface area contributed by atoms with Gasteiger partial charge in [-0.15, -0.1) is 0 Å². The Balaban J connectivity index is 1.94. The van der Waals surface area contributed by atoms with Crippen LogP contribution in [-0.2, 0) is 4.79 Å². The van der Waals surface area contributed by atoms with Gasteiger partial charge in [0.25, 0.3) is 0 Å². The Morgan fingerprint density at radius 3 is 2.71 bits per heavy atom. The third-order valence-corrected chi connectivity index (χ3v) is 2.51. The average molecular weight is 200 g/mol. The molecule has 1 aliphatic heterocycles. The van der Waals surface area contributed by atoms with E-state index in [1.54, 1.807) is 0 Å². The molecule has 1 amide bonds. The molecular weight excluding hydrogens is 180 g/mol. The van der Waals surface area contributed by atoms with Gasteiger partial charge in [-0.1, -0.05) is 0 Å². The molecule has 1 fully saturated rings. The molecule has 4 nitrogen and oxygen atoms in total. The van der Waals surface area contributed by atoms with Crippen LogP contribution >= 0.6 is 0 Å².